The normalized spacial score (nSPS) is 19.8. The summed E-state index contributed by atoms with van der Waals surface area (Å²) in [5.41, 5.74) is 0. The number of hydrogen-bond donors (Lipinski definition) is 0. The molecule has 0 saturated heterocycles. The van der Waals surface area contributed by atoms with Crippen molar-refractivity contribution in [3.8, 4) is 0 Å². The first kappa shape index (κ1) is 11.4. The zero-order valence-corrected chi connectivity index (χ0v) is 6.41. The Balaban J connectivity index is 4.28. The first-order valence-corrected chi connectivity index (χ1v) is 3.23. The third kappa shape index (κ3) is 2.79. The van der Waals surface area contributed by atoms with Crippen LogP contribution < -0.4 is 0 Å². The molecule has 0 aromatic carbocycles. The zero-order valence-electron chi connectivity index (χ0n) is 6.41. The molecule has 0 rings (SSSR count). The third-order valence-corrected chi connectivity index (χ3v) is 1.29. The van der Waals surface area contributed by atoms with Gasteiger partial charge in [-0.1, -0.05) is 6.08 Å². The van der Waals surface area contributed by atoms with Gasteiger partial charge in [-0.2, -0.15) is 0 Å². The predicted octanol–water partition coefficient (Wildman–Crippen LogP) is 2.84. The zero-order chi connectivity index (χ0) is 9.94. The molecule has 3 atom stereocenters. The van der Waals surface area contributed by atoms with Crippen LogP contribution in [0.2, 0.25) is 0 Å². The molecule has 0 aliphatic rings. The molecule has 0 N–H and O–H groups in total. The fourth-order valence-electron chi connectivity index (χ4n) is 0.571. The van der Waals surface area contributed by atoms with Crippen molar-refractivity contribution in [2.24, 2.45) is 0 Å². The second-order valence-electron chi connectivity index (χ2n) is 2.48. The largest absolute Gasteiger partial charge is 0.279 e. The molecular formula is C7H9F5. The minimum Gasteiger partial charge on any atom is -0.240 e. The predicted molar refractivity (Wildman–Crippen MR) is 35.5 cm³/mol. The Morgan fingerprint density at radius 2 is 1.67 bits per heavy atom. The molecule has 0 aliphatic heterocycles. The van der Waals surface area contributed by atoms with Crippen molar-refractivity contribution in [3.63, 3.8) is 0 Å². The van der Waals surface area contributed by atoms with Crippen molar-refractivity contribution in [1.29, 1.82) is 0 Å². The van der Waals surface area contributed by atoms with Crippen molar-refractivity contribution >= 4 is 0 Å². The van der Waals surface area contributed by atoms with Crippen LogP contribution in [0.4, 0.5) is 22.0 Å². The third-order valence-electron chi connectivity index (χ3n) is 1.29. The van der Waals surface area contributed by atoms with E-state index >= 15 is 0 Å². The second kappa shape index (κ2) is 3.87. The molecule has 0 spiro atoms. The van der Waals surface area contributed by atoms with Gasteiger partial charge in [-0.05, 0) is 0 Å². The highest BCUT2D eigenvalue weighted by molar-refractivity contribution is 4.92. The molecule has 0 aliphatic carbocycles. The van der Waals surface area contributed by atoms with Crippen LogP contribution in [0.25, 0.3) is 0 Å². The van der Waals surface area contributed by atoms with E-state index in [0.29, 0.717) is 6.08 Å². The molecule has 0 amide bonds. The summed E-state index contributed by atoms with van der Waals surface area (Å²) in [5.74, 6) is -3.87. The van der Waals surface area contributed by atoms with Crippen LogP contribution in [0.15, 0.2) is 12.7 Å². The van der Waals surface area contributed by atoms with Gasteiger partial charge in [-0.15, -0.1) is 6.58 Å². The number of hydrogen-bond acceptors (Lipinski definition) is 0. The standard InChI is InChI=1S/C7H9F5/c1-3-4(8)5(9)6(10)7(2,11)12/h3-6H,1H2,2H3. The average molecular weight is 188 g/mol. The summed E-state index contributed by atoms with van der Waals surface area (Å²) in [6.07, 6.45) is -7.94. The van der Waals surface area contributed by atoms with Crippen molar-refractivity contribution in [2.45, 2.75) is 31.4 Å². The average Bonchev–Trinajstić information content (AvgIpc) is 1.98. The lowest BCUT2D eigenvalue weighted by atomic mass is 10.1. The lowest BCUT2D eigenvalue weighted by Crippen LogP contribution is -2.39. The fourth-order valence-corrected chi connectivity index (χ4v) is 0.571. The van der Waals surface area contributed by atoms with E-state index in [1.807, 2.05) is 0 Å². The minimum absolute atomic E-state index is 0.194. The molecule has 0 aromatic rings. The molecule has 5 heteroatoms. The minimum atomic E-state index is -3.87. The summed E-state index contributed by atoms with van der Waals surface area (Å²) in [7, 11) is 0. The van der Waals surface area contributed by atoms with Gasteiger partial charge < -0.3 is 0 Å². The molecule has 3 unspecified atom stereocenters. The molecule has 0 nitrogen and oxygen atoms in total. The van der Waals surface area contributed by atoms with Gasteiger partial charge in [0.1, 0.15) is 0 Å². The molecule has 12 heavy (non-hydrogen) atoms. The summed E-state index contributed by atoms with van der Waals surface area (Å²) < 4.78 is 61.0. The van der Waals surface area contributed by atoms with Crippen LogP contribution in [-0.4, -0.2) is 24.4 Å². The van der Waals surface area contributed by atoms with Gasteiger partial charge in [0, 0.05) is 6.92 Å². The van der Waals surface area contributed by atoms with Gasteiger partial charge in [-0.25, -0.2) is 22.0 Å². The first-order chi connectivity index (χ1) is 5.30. The van der Waals surface area contributed by atoms with Gasteiger partial charge in [0.25, 0.3) is 5.92 Å². The summed E-state index contributed by atoms with van der Waals surface area (Å²) in [4.78, 5) is 0. The molecule has 0 saturated carbocycles. The Morgan fingerprint density at radius 1 is 1.25 bits per heavy atom. The maximum Gasteiger partial charge on any atom is 0.279 e. The van der Waals surface area contributed by atoms with Crippen LogP contribution in [0, 0.1) is 0 Å². The van der Waals surface area contributed by atoms with Crippen LogP contribution in [0.1, 0.15) is 6.92 Å². The van der Waals surface area contributed by atoms with Crippen LogP contribution in [0.3, 0.4) is 0 Å². The number of allylic oxidation sites excluding steroid dienone is 1. The molecule has 0 fully saturated rings. The highest BCUT2D eigenvalue weighted by atomic mass is 19.3. The molecule has 0 bridgehead atoms. The van der Waals surface area contributed by atoms with Crippen molar-refractivity contribution in [1.82, 2.24) is 0 Å². The van der Waals surface area contributed by atoms with E-state index in [0.717, 1.165) is 0 Å². The van der Waals surface area contributed by atoms with Gasteiger partial charge in [0.15, 0.2) is 18.5 Å². The van der Waals surface area contributed by atoms with Crippen molar-refractivity contribution in [2.75, 3.05) is 0 Å². The summed E-state index contributed by atoms with van der Waals surface area (Å²) in [6, 6.07) is 0. The van der Waals surface area contributed by atoms with Gasteiger partial charge >= 0.3 is 0 Å². The Kier molecular flexibility index (Phi) is 3.67. The summed E-state index contributed by atoms with van der Waals surface area (Å²) in [5, 5.41) is 0. The summed E-state index contributed by atoms with van der Waals surface area (Å²) in [6.45, 7) is 3.01. The van der Waals surface area contributed by atoms with E-state index in [4.69, 9.17) is 0 Å². The fraction of sp³-hybridized carbons (Fsp3) is 0.714. The number of alkyl halides is 5. The van der Waals surface area contributed by atoms with E-state index in [1.165, 1.54) is 0 Å². The smallest absolute Gasteiger partial charge is 0.240 e. The molecule has 0 aromatic heterocycles. The Morgan fingerprint density at radius 3 is 1.92 bits per heavy atom. The lowest BCUT2D eigenvalue weighted by Gasteiger charge is -2.20. The quantitative estimate of drug-likeness (QED) is 0.470. The van der Waals surface area contributed by atoms with E-state index < -0.39 is 24.4 Å². The van der Waals surface area contributed by atoms with E-state index in [-0.39, 0.29) is 6.92 Å². The molecule has 0 heterocycles. The molecular weight excluding hydrogens is 179 g/mol. The van der Waals surface area contributed by atoms with Crippen molar-refractivity contribution < 1.29 is 22.0 Å². The SMILES string of the molecule is C=CC(F)C(F)C(F)C(C)(F)F. The summed E-state index contributed by atoms with van der Waals surface area (Å²) >= 11 is 0. The molecule has 0 radical (unpaired) electrons. The first-order valence-electron chi connectivity index (χ1n) is 3.23. The lowest BCUT2D eigenvalue weighted by molar-refractivity contribution is -0.0936. The van der Waals surface area contributed by atoms with E-state index in [1.54, 1.807) is 0 Å². The maximum absolute atomic E-state index is 12.4. The van der Waals surface area contributed by atoms with Gasteiger partial charge in [0.2, 0.25) is 0 Å². The topological polar surface area (TPSA) is 0 Å². The monoisotopic (exact) mass is 188 g/mol. The maximum atomic E-state index is 12.4. The number of rotatable bonds is 4. The van der Waals surface area contributed by atoms with E-state index in [9.17, 15) is 22.0 Å². The van der Waals surface area contributed by atoms with Crippen LogP contribution in [0.5, 0.6) is 0 Å². The van der Waals surface area contributed by atoms with Crippen molar-refractivity contribution in [3.05, 3.63) is 12.7 Å². The highest BCUT2D eigenvalue weighted by Crippen LogP contribution is 2.27. The van der Waals surface area contributed by atoms with Gasteiger partial charge in [0.05, 0.1) is 0 Å². The van der Waals surface area contributed by atoms with Gasteiger partial charge in [-0.3, -0.25) is 0 Å². The second-order valence-corrected chi connectivity index (χ2v) is 2.48. The number of halogens is 5. The highest BCUT2D eigenvalue weighted by Gasteiger charge is 2.43. The van der Waals surface area contributed by atoms with E-state index in [2.05, 4.69) is 6.58 Å². The van der Waals surface area contributed by atoms with Crippen LogP contribution >= 0.6 is 0 Å². The Bertz CT molecular complexity index is 150. The Labute approximate surface area is 67.1 Å². The molecule has 72 valence electrons. The van der Waals surface area contributed by atoms with Crippen LogP contribution in [-0.2, 0) is 0 Å². The Hall–Kier alpha value is -0.610.